The third-order valence-corrected chi connectivity index (χ3v) is 0.144. The van der Waals surface area contributed by atoms with Gasteiger partial charge in [-0.3, -0.25) is 6.29 Å². The Morgan fingerprint density at radius 2 is 1.83 bits per heavy atom. The first kappa shape index (κ1) is 15.9. The largest absolute Gasteiger partial charge is 0.542 e. The maximum atomic E-state index is 9.05. The molecule has 0 aliphatic carbocycles. The summed E-state index contributed by atoms with van der Waals surface area (Å²) < 4.78 is 0. The van der Waals surface area contributed by atoms with Crippen LogP contribution in [-0.4, -0.2) is 6.29 Å². The molecule has 35 valence electrons. The molecule has 0 saturated carbocycles. The Kier molecular flexibility index (Phi) is 45.2. The van der Waals surface area contributed by atoms with Crippen molar-refractivity contribution in [2.24, 2.45) is 0 Å². The second-order valence-electron chi connectivity index (χ2n) is 0.498. The summed E-state index contributed by atoms with van der Waals surface area (Å²) in [7, 11) is 0. The molecule has 0 amide bonds. The van der Waals surface area contributed by atoms with E-state index >= 15 is 0 Å². The Balaban J connectivity index is -0.0000000450. The molecular formula is C4H9OY-. The third kappa shape index (κ3) is 21.6. The van der Waals surface area contributed by atoms with Crippen molar-refractivity contribution in [2.75, 3.05) is 0 Å². The fourth-order valence-electron chi connectivity index (χ4n) is 0. The van der Waals surface area contributed by atoms with Crippen molar-refractivity contribution in [2.45, 2.75) is 20.8 Å². The maximum Gasteiger partial charge on any atom is 0 e. The van der Waals surface area contributed by atoms with Crippen molar-refractivity contribution in [3.63, 3.8) is 0 Å². The molecule has 1 radical (unpaired) electrons. The van der Waals surface area contributed by atoms with Gasteiger partial charge in [0, 0.05) is 32.7 Å². The molecule has 0 N–H and O–H groups in total. The molecule has 0 aromatic rings. The van der Waals surface area contributed by atoms with Gasteiger partial charge in [0.2, 0.25) is 0 Å². The predicted molar refractivity (Wildman–Crippen MR) is 22.7 cm³/mol. The van der Waals surface area contributed by atoms with Crippen LogP contribution >= 0.6 is 0 Å². The van der Waals surface area contributed by atoms with Gasteiger partial charge in [0.05, 0.1) is 0 Å². The number of carbonyl (C=O) groups excluding carboxylic acids is 1. The average Bonchev–Trinajstić information content (AvgIpc) is 1.37. The van der Waals surface area contributed by atoms with E-state index < -0.39 is 0 Å². The summed E-state index contributed by atoms with van der Waals surface area (Å²) in [6, 6.07) is 0. The number of hydrogen-bond acceptors (Lipinski definition) is 1. The van der Waals surface area contributed by atoms with Crippen LogP contribution in [0.2, 0.25) is 0 Å². The molecule has 0 rings (SSSR count). The Hall–Kier alpha value is 0.774. The van der Waals surface area contributed by atoms with Gasteiger partial charge >= 0.3 is 0 Å². The molecule has 0 aromatic carbocycles. The molecule has 0 aromatic heterocycles. The van der Waals surface area contributed by atoms with Gasteiger partial charge in [0.15, 0.2) is 0 Å². The van der Waals surface area contributed by atoms with Crippen LogP contribution in [0.5, 0.6) is 0 Å². The molecule has 0 unspecified atom stereocenters. The summed E-state index contributed by atoms with van der Waals surface area (Å²) in [6.07, 6.45) is 2.19. The molecule has 6 heavy (non-hydrogen) atoms. The molecule has 0 spiro atoms. The standard InChI is InChI=1S/C3H5O.CH4.Y/c1-2-3-4;;/h2H2,1H3;1H4;/q-1;;. The summed E-state index contributed by atoms with van der Waals surface area (Å²) in [5, 5.41) is 0. The van der Waals surface area contributed by atoms with Gasteiger partial charge in [-0.2, -0.15) is 6.42 Å². The molecule has 1 nitrogen and oxygen atoms in total. The minimum atomic E-state index is 0. The van der Waals surface area contributed by atoms with Crippen LogP contribution in [-0.2, 0) is 37.5 Å². The van der Waals surface area contributed by atoms with Gasteiger partial charge in [0.1, 0.15) is 0 Å². The number of rotatable bonds is 1. The monoisotopic (exact) mass is 162 g/mol. The maximum absolute atomic E-state index is 9.05. The fraction of sp³-hybridized carbons (Fsp3) is 0.750. The smallest absolute Gasteiger partial charge is 0 e. The van der Waals surface area contributed by atoms with Crippen molar-refractivity contribution in [3.8, 4) is 0 Å². The number of hydrogen-bond donors (Lipinski definition) is 0. The van der Waals surface area contributed by atoms with Crippen LogP contribution in [0.15, 0.2) is 0 Å². The fourth-order valence-corrected chi connectivity index (χ4v) is 0. The van der Waals surface area contributed by atoms with E-state index in [4.69, 9.17) is 4.79 Å². The Morgan fingerprint density at radius 1 is 1.67 bits per heavy atom. The zero-order chi connectivity index (χ0) is 3.41. The molecular weight excluding hydrogens is 153 g/mol. The summed E-state index contributed by atoms with van der Waals surface area (Å²) in [5.41, 5.74) is 0. The van der Waals surface area contributed by atoms with Crippen molar-refractivity contribution >= 4 is 6.29 Å². The Morgan fingerprint density at radius 3 is 1.83 bits per heavy atom. The third-order valence-electron chi connectivity index (χ3n) is 0.144. The molecule has 0 fully saturated rings. The molecule has 2 heteroatoms. The first-order chi connectivity index (χ1) is 1.91. The van der Waals surface area contributed by atoms with Crippen molar-refractivity contribution in [3.05, 3.63) is 0 Å². The average molecular weight is 162 g/mol. The molecule has 0 atom stereocenters. The first-order valence-corrected chi connectivity index (χ1v) is 1.26. The van der Waals surface area contributed by atoms with E-state index in [-0.39, 0.29) is 40.1 Å². The van der Waals surface area contributed by atoms with E-state index in [1.54, 1.807) is 13.2 Å². The van der Waals surface area contributed by atoms with E-state index in [1.807, 2.05) is 0 Å². The van der Waals surface area contributed by atoms with Crippen LogP contribution in [0.1, 0.15) is 20.8 Å². The molecule has 0 heterocycles. The van der Waals surface area contributed by atoms with Gasteiger partial charge in [-0.15, -0.1) is 0 Å². The van der Waals surface area contributed by atoms with Crippen molar-refractivity contribution < 1.29 is 37.5 Å². The van der Waals surface area contributed by atoms with E-state index in [0.29, 0.717) is 6.42 Å². The molecule has 0 aliphatic heterocycles. The zero-order valence-corrected chi connectivity index (χ0v) is 6.03. The van der Waals surface area contributed by atoms with Gasteiger partial charge in [0.25, 0.3) is 0 Å². The van der Waals surface area contributed by atoms with Gasteiger partial charge in [-0.1, -0.05) is 14.4 Å². The van der Waals surface area contributed by atoms with Crippen LogP contribution in [0.3, 0.4) is 0 Å². The van der Waals surface area contributed by atoms with E-state index in [1.165, 1.54) is 0 Å². The summed E-state index contributed by atoms with van der Waals surface area (Å²) in [4.78, 5) is 9.05. The van der Waals surface area contributed by atoms with E-state index in [2.05, 4.69) is 0 Å². The SMILES string of the molecule is C.CC[C-]=O.[Y]. The first-order valence-electron chi connectivity index (χ1n) is 1.26. The summed E-state index contributed by atoms with van der Waals surface area (Å²) in [5.74, 6) is 0. The van der Waals surface area contributed by atoms with Gasteiger partial charge in [-0.05, 0) is 0 Å². The minimum absolute atomic E-state index is 0. The normalized spacial score (nSPS) is 4.17. The second kappa shape index (κ2) is 17.1. The summed E-state index contributed by atoms with van der Waals surface area (Å²) >= 11 is 0. The molecule has 0 saturated heterocycles. The minimum Gasteiger partial charge on any atom is -0.542 e. The molecule has 0 bridgehead atoms. The van der Waals surface area contributed by atoms with Crippen LogP contribution in [0.4, 0.5) is 0 Å². The van der Waals surface area contributed by atoms with E-state index in [9.17, 15) is 0 Å². The van der Waals surface area contributed by atoms with Crippen molar-refractivity contribution in [1.82, 2.24) is 0 Å². The quantitative estimate of drug-likeness (QED) is 0.528. The second-order valence-corrected chi connectivity index (χ2v) is 0.498. The topological polar surface area (TPSA) is 17.1 Å². The van der Waals surface area contributed by atoms with Gasteiger partial charge in [-0.25, -0.2) is 0 Å². The molecule has 0 aliphatic rings. The van der Waals surface area contributed by atoms with Crippen molar-refractivity contribution in [1.29, 1.82) is 0 Å². The zero-order valence-electron chi connectivity index (χ0n) is 3.19. The van der Waals surface area contributed by atoms with Crippen LogP contribution in [0, 0.1) is 0 Å². The predicted octanol–water partition coefficient (Wildman–Crippen LogP) is 1.14. The van der Waals surface area contributed by atoms with E-state index in [0.717, 1.165) is 0 Å². The Labute approximate surface area is 64.4 Å². The van der Waals surface area contributed by atoms with Crippen LogP contribution in [0.25, 0.3) is 0 Å². The van der Waals surface area contributed by atoms with Crippen LogP contribution < -0.4 is 0 Å². The summed E-state index contributed by atoms with van der Waals surface area (Å²) in [6.45, 7) is 1.76. The Bertz CT molecular complexity index is 21.5. The van der Waals surface area contributed by atoms with Gasteiger partial charge < -0.3 is 4.79 Å².